The van der Waals surface area contributed by atoms with Gasteiger partial charge in [-0.1, -0.05) is 0 Å². The highest BCUT2D eigenvalue weighted by molar-refractivity contribution is 5.30. The number of anilines is 1. The summed E-state index contributed by atoms with van der Waals surface area (Å²) in [5.41, 5.74) is 6.78. The third kappa shape index (κ3) is 2.49. The van der Waals surface area contributed by atoms with E-state index in [0.717, 1.165) is 31.9 Å². The van der Waals surface area contributed by atoms with Crippen molar-refractivity contribution in [3.8, 4) is 0 Å². The van der Waals surface area contributed by atoms with Crippen molar-refractivity contribution >= 4 is 5.82 Å². The molecule has 1 aromatic rings. The Bertz CT molecular complexity index is 336. The Labute approximate surface area is 89.8 Å². The predicted octanol–water partition coefficient (Wildman–Crippen LogP) is 0.104. The third-order valence-electron chi connectivity index (χ3n) is 2.65. The largest absolute Gasteiger partial charge is 0.384 e. The SMILES string of the molecule is Cc1cc(N)n(C[C@H]2CN(C)CCO2)n1. The van der Waals surface area contributed by atoms with Crippen molar-refractivity contribution in [1.82, 2.24) is 14.7 Å². The summed E-state index contributed by atoms with van der Waals surface area (Å²) in [6.07, 6.45) is 0.199. The van der Waals surface area contributed by atoms with Gasteiger partial charge in [0.05, 0.1) is 24.9 Å². The number of aromatic nitrogens is 2. The normalized spacial score (nSPS) is 23.2. The second-order valence-corrected chi connectivity index (χ2v) is 4.15. The van der Waals surface area contributed by atoms with Gasteiger partial charge in [0.15, 0.2) is 0 Å². The van der Waals surface area contributed by atoms with Crippen LogP contribution in [0, 0.1) is 6.92 Å². The lowest BCUT2D eigenvalue weighted by Crippen LogP contribution is -2.42. The van der Waals surface area contributed by atoms with Gasteiger partial charge in [0.2, 0.25) is 0 Å². The van der Waals surface area contributed by atoms with Gasteiger partial charge in [-0.05, 0) is 14.0 Å². The Hall–Kier alpha value is -1.07. The fourth-order valence-corrected chi connectivity index (χ4v) is 1.88. The van der Waals surface area contributed by atoms with Crippen molar-refractivity contribution in [2.24, 2.45) is 0 Å². The number of nitrogen functional groups attached to an aromatic ring is 1. The molecule has 2 N–H and O–H groups in total. The van der Waals surface area contributed by atoms with Gasteiger partial charge in [-0.15, -0.1) is 0 Å². The molecule has 1 saturated heterocycles. The Morgan fingerprint density at radius 2 is 2.47 bits per heavy atom. The van der Waals surface area contributed by atoms with Crippen molar-refractivity contribution in [3.05, 3.63) is 11.8 Å². The highest BCUT2D eigenvalue weighted by Gasteiger charge is 2.19. The molecule has 0 saturated carbocycles. The first-order valence-electron chi connectivity index (χ1n) is 5.25. The van der Waals surface area contributed by atoms with Gasteiger partial charge in [0.1, 0.15) is 5.82 Å². The first-order chi connectivity index (χ1) is 7.15. The van der Waals surface area contributed by atoms with Gasteiger partial charge in [-0.25, -0.2) is 4.68 Å². The smallest absolute Gasteiger partial charge is 0.122 e. The maximum atomic E-state index is 5.82. The van der Waals surface area contributed by atoms with Crippen LogP contribution in [0.25, 0.3) is 0 Å². The summed E-state index contributed by atoms with van der Waals surface area (Å²) in [6.45, 7) is 5.43. The maximum Gasteiger partial charge on any atom is 0.122 e. The van der Waals surface area contributed by atoms with Crippen LogP contribution in [0.4, 0.5) is 5.82 Å². The fourth-order valence-electron chi connectivity index (χ4n) is 1.88. The quantitative estimate of drug-likeness (QED) is 0.752. The van der Waals surface area contributed by atoms with E-state index in [1.807, 2.05) is 17.7 Å². The van der Waals surface area contributed by atoms with Crippen LogP contribution >= 0.6 is 0 Å². The van der Waals surface area contributed by atoms with Crippen LogP contribution in [0.2, 0.25) is 0 Å². The molecule has 0 radical (unpaired) electrons. The number of ether oxygens (including phenoxy) is 1. The molecule has 1 fully saturated rings. The molecule has 0 unspecified atom stereocenters. The molecule has 0 aliphatic carbocycles. The maximum absolute atomic E-state index is 5.82. The first-order valence-corrected chi connectivity index (χ1v) is 5.25. The summed E-state index contributed by atoms with van der Waals surface area (Å²) in [5, 5.41) is 4.32. The van der Waals surface area contributed by atoms with Gasteiger partial charge in [-0.2, -0.15) is 5.10 Å². The highest BCUT2D eigenvalue weighted by Crippen LogP contribution is 2.10. The zero-order chi connectivity index (χ0) is 10.8. The van der Waals surface area contributed by atoms with E-state index in [0.29, 0.717) is 5.82 Å². The van der Waals surface area contributed by atoms with Crippen molar-refractivity contribution < 1.29 is 4.74 Å². The number of hydrogen-bond acceptors (Lipinski definition) is 4. The molecular formula is C10H18N4O. The molecule has 0 aromatic carbocycles. The van der Waals surface area contributed by atoms with Gasteiger partial charge < -0.3 is 15.4 Å². The topological polar surface area (TPSA) is 56.3 Å². The van der Waals surface area contributed by atoms with Crippen molar-refractivity contribution in [2.45, 2.75) is 19.6 Å². The first kappa shape index (κ1) is 10.4. The zero-order valence-corrected chi connectivity index (χ0v) is 9.31. The molecule has 0 spiro atoms. The predicted molar refractivity (Wildman–Crippen MR) is 58.6 cm³/mol. The van der Waals surface area contributed by atoms with E-state index in [9.17, 15) is 0 Å². The summed E-state index contributed by atoms with van der Waals surface area (Å²) in [6, 6.07) is 1.88. The van der Waals surface area contributed by atoms with Crippen LogP contribution in [0.15, 0.2) is 6.07 Å². The fraction of sp³-hybridized carbons (Fsp3) is 0.700. The zero-order valence-electron chi connectivity index (χ0n) is 9.31. The number of likely N-dealkylation sites (N-methyl/N-ethyl adjacent to an activating group) is 1. The van der Waals surface area contributed by atoms with E-state index in [-0.39, 0.29) is 6.10 Å². The van der Waals surface area contributed by atoms with E-state index in [2.05, 4.69) is 17.0 Å². The van der Waals surface area contributed by atoms with Crippen LogP contribution in [0.1, 0.15) is 5.69 Å². The molecule has 0 bridgehead atoms. The molecule has 1 aromatic heterocycles. The molecular weight excluding hydrogens is 192 g/mol. The molecule has 15 heavy (non-hydrogen) atoms. The average Bonchev–Trinajstić information content (AvgIpc) is 2.45. The van der Waals surface area contributed by atoms with Gasteiger partial charge in [-0.3, -0.25) is 0 Å². The number of morpholine rings is 1. The number of aryl methyl sites for hydroxylation is 1. The van der Waals surface area contributed by atoms with E-state index >= 15 is 0 Å². The lowest BCUT2D eigenvalue weighted by Gasteiger charge is -2.30. The summed E-state index contributed by atoms with van der Waals surface area (Å²) in [5.74, 6) is 0.712. The third-order valence-corrected chi connectivity index (χ3v) is 2.65. The lowest BCUT2D eigenvalue weighted by atomic mass is 10.3. The van der Waals surface area contributed by atoms with E-state index in [4.69, 9.17) is 10.5 Å². The van der Waals surface area contributed by atoms with Crippen LogP contribution in [-0.2, 0) is 11.3 Å². The standard InChI is InChI=1S/C10H18N4O/c1-8-5-10(11)14(12-8)7-9-6-13(2)3-4-15-9/h5,9H,3-4,6-7,11H2,1-2H3/t9-/m1/s1. The second kappa shape index (κ2) is 4.20. The van der Waals surface area contributed by atoms with E-state index < -0.39 is 0 Å². The van der Waals surface area contributed by atoms with Crippen LogP contribution in [0.3, 0.4) is 0 Å². The van der Waals surface area contributed by atoms with Gasteiger partial charge >= 0.3 is 0 Å². The Morgan fingerprint density at radius 3 is 3.07 bits per heavy atom. The minimum atomic E-state index is 0.199. The molecule has 1 atom stereocenters. The van der Waals surface area contributed by atoms with Crippen molar-refractivity contribution in [2.75, 3.05) is 32.5 Å². The molecule has 5 nitrogen and oxygen atoms in total. The number of hydrogen-bond donors (Lipinski definition) is 1. The Morgan fingerprint density at radius 1 is 1.67 bits per heavy atom. The lowest BCUT2D eigenvalue weighted by molar-refractivity contribution is -0.0287. The van der Waals surface area contributed by atoms with E-state index in [1.54, 1.807) is 0 Å². The van der Waals surface area contributed by atoms with Gasteiger partial charge in [0.25, 0.3) is 0 Å². The Balaban J connectivity index is 1.99. The van der Waals surface area contributed by atoms with Crippen molar-refractivity contribution in [3.63, 3.8) is 0 Å². The number of nitrogens with two attached hydrogens (primary N) is 1. The minimum Gasteiger partial charge on any atom is -0.384 e. The Kier molecular flexibility index (Phi) is 2.93. The minimum absolute atomic E-state index is 0.199. The molecule has 84 valence electrons. The van der Waals surface area contributed by atoms with E-state index in [1.165, 1.54) is 0 Å². The van der Waals surface area contributed by atoms with Crippen molar-refractivity contribution in [1.29, 1.82) is 0 Å². The summed E-state index contributed by atoms with van der Waals surface area (Å²) < 4.78 is 7.48. The number of rotatable bonds is 2. The molecule has 1 aliphatic rings. The molecule has 0 amide bonds. The molecule has 1 aliphatic heterocycles. The summed E-state index contributed by atoms with van der Waals surface area (Å²) >= 11 is 0. The van der Waals surface area contributed by atoms with Crippen LogP contribution in [0.5, 0.6) is 0 Å². The molecule has 2 rings (SSSR count). The molecule has 2 heterocycles. The summed E-state index contributed by atoms with van der Waals surface area (Å²) in [7, 11) is 2.10. The van der Waals surface area contributed by atoms with Gasteiger partial charge in [0, 0.05) is 19.2 Å². The molecule has 5 heteroatoms. The number of nitrogens with zero attached hydrogens (tertiary/aromatic N) is 3. The van der Waals surface area contributed by atoms with Crippen LogP contribution < -0.4 is 5.73 Å². The second-order valence-electron chi connectivity index (χ2n) is 4.15. The summed E-state index contributed by atoms with van der Waals surface area (Å²) in [4.78, 5) is 2.26. The average molecular weight is 210 g/mol. The monoisotopic (exact) mass is 210 g/mol. The van der Waals surface area contributed by atoms with Crippen LogP contribution in [-0.4, -0.2) is 47.5 Å². The highest BCUT2D eigenvalue weighted by atomic mass is 16.5.